The van der Waals surface area contributed by atoms with E-state index in [-0.39, 0.29) is 17.9 Å². The SMILES string of the molecule is C[Si](C)(C)C(O)CCN1C(=O)OC[C@@H]1c1ccccc1. The van der Waals surface area contributed by atoms with Crippen LogP contribution in [0.25, 0.3) is 0 Å². The number of aliphatic hydroxyl groups excluding tert-OH is 1. The summed E-state index contributed by atoms with van der Waals surface area (Å²) >= 11 is 0. The summed E-state index contributed by atoms with van der Waals surface area (Å²) in [5.41, 5.74) is 0.785. The predicted molar refractivity (Wildman–Crippen MR) is 81.2 cm³/mol. The molecule has 1 saturated heterocycles. The van der Waals surface area contributed by atoms with Gasteiger partial charge in [0.05, 0.1) is 14.1 Å². The minimum absolute atomic E-state index is 0.0301. The Hall–Kier alpha value is -1.33. The molecule has 5 heteroatoms. The van der Waals surface area contributed by atoms with Crippen LogP contribution in [0.4, 0.5) is 4.79 Å². The van der Waals surface area contributed by atoms with Gasteiger partial charge in [-0.25, -0.2) is 4.79 Å². The molecule has 20 heavy (non-hydrogen) atoms. The Labute approximate surface area is 121 Å². The minimum atomic E-state index is -1.58. The van der Waals surface area contributed by atoms with E-state index in [9.17, 15) is 9.90 Å². The van der Waals surface area contributed by atoms with E-state index in [0.29, 0.717) is 19.6 Å². The number of aliphatic hydroxyl groups is 1. The van der Waals surface area contributed by atoms with Gasteiger partial charge in [0.2, 0.25) is 0 Å². The summed E-state index contributed by atoms with van der Waals surface area (Å²) in [4.78, 5) is 13.6. The summed E-state index contributed by atoms with van der Waals surface area (Å²) in [6, 6.07) is 9.88. The zero-order valence-electron chi connectivity index (χ0n) is 12.4. The van der Waals surface area contributed by atoms with Crippen LogP contribution in [0, 0.1) is 0 Å². The number of nitrogens with zero attached hydrogens (tertiary/aromatic N) is 1. The Morgan fingerprint density at radius 2 is 2.00 bits per heavy atom. The van der Waals surface area contributed by atoms with Crippen LogP contribution in [0.3, 0.4) is 0 Å². The molecule has 2 atom stereocenters. The third kappa shape index (κ3) is 3.40. The van der Waals surface area contributed by atoms with Crippen LogP contribution in [0.15, 0.2) is 30.3 Å². The number of ether oxygens (including phenoxy) is 1. The van der Waals surface area contributed by atoms with Gasteiger partial charge in [0, 0.05) is 12.3 Å². The zero-order chi connectivity index (χ0) is 14.8. The molecular formula is C15H23NO3Si. The van der Waals surface area contributed by atoms with Crippen LogP contribution < -0.4 is 0 Å². The number of cyclic esters (lactones) is 1. The maximum Gasteiger partial charge on any atom is 0.410 e. The van der Waals surface area contributed by atoms with Crippen molar-refractivity contribution in [3.05, 3.63) is 35.9 Å². The molecule has 1 aliphatic heterocycles. The normalized spacial score (nSPS) is 20.9. The first kappa shape index (κ1) is 15.1. The highest BCUT2D eigenvalue weighted by Crippen LogP contribution is 2.28. The summed E-state index contributed by atoms with van der Waals surface area (Å²) in [6.45, 7) is 7.34. The van der Waals surface area contributed by atoms with Crippen molar-refractivity contribution in [3.8, 4) is 0 Å². The zero-order valence-corrected chi connectivity index (χ0v) is 13.4. The molecule has 1 amide bonds. The quantitative estimate of drug-likeness (QED) is 0.849. The monoisotopic (exact) mass is 293 g/mol. The number of hydrogen-bond acceptors (Lipinski definition) is 3. The average Bonchev–Trinajstić information content (AvgIpc) is 2.77. The van der Waals surface area contributed by atoms with Crippen molar-refractivity contribution in [2.24, 2.45) is 0 Å². The Kier molecular flexibility index (Phi) is 4.50. The summed E-state index contributed by atoms with van der Waals surface area (Å²) in [5, 5.41) is 10.2. The van der Waals surface area contributed by atoms with E-state index in [4.69, 9.17) is 4.74 Å². The minimum Gasteiger partial charge on any atom is -0.447 e. The molecule has 1 unspecified atom stereocenters. The smallest absolute Gasteiger partial charge is 0.410 e. The highest BCUT2D eigenvalue weighted by Gasteiger charge is 2.35. The topological polar surface area (TPSA) is 49.8 Å². The average molecular weight is 293 g/mol. The van der Waals surface area contributed by atoms with Crippen molar-refractivity contribution >= 4 is 14.2 Å². The fraction of sp³-hybridized carbons (Fsp3) is 0.533. The lowest BCUT2D eigenvalue weighted by molar-refractivity contribution is 0.151. The first-order valence-electron chi connectivity index (χ1n) is 7.06. The highest BCUT2D eigenvalue weighted by molar-refractivity contribution is 6.77. The van der Waals surface area contributed by atoms with Crippen molar-refractivity contribution in [3.63, 3.8) is 0 Å². The molecule has 0 saturated carbocycles. The molecule has 1 aliphatic rings. The van der Waals surface area contributed by atoms with Crippen molar-refractivity contribution in [2.45, 2.75) is 37.8 Å². The molecule has 0 radical (unpaired) electrons. The lowest BCUT2D eigenvalue weighted by Gasteiger charge is -2.27. The van der Waals surface area contributed by atoms with E-state index < -0.39 is 8.07 Å². The third-order valence-corrected chi connectivity index (χ3v) is 6.09. The van der Waals surface area contributed by atoms with Crippen molar-refractivity contribution in [1.29, 1.82) is 0 Å². The lowest BCUT2D eigenvalue weighted by Crippen LogP contribution is -2.41. The van der Waals surface area contributed by atoms with Gasteiger partial charge in [0.1, 0.15) is 6.61 Å². The fourth-order valence-electron chi connectivity index (χ4n) is 2.34. The largest absolute Gasteiger partial charge is 0.447 e. The first-order valence-corrected chi connectivity index (χ1v) is 10.6. The van der Waals surface area contributed by atoms with Gasteiger partial charge in [0.25, 0.3) is 0 Å². The van der Waals surface area contributed by atoms with E-state index >= 15 is 0 Å². The Morgan fingerprint density at radius 1 is 1.35 bits per heavy atom. The summed E-state index contributed by atoms with van der Waals surface area (Å²) in [5.74, 6) is 0. The van der Waals surface area contributed by atoms with Gasteiger partial charge >= 0.3 is 6.09 Å². The second-order valence-corrected chi connectivity index (χ2v) is 11.8. The number of rotatable bonds is 5. The van der Waals surface area contributed by atoms with E-state index in [1.807, 2.05) is 30.3 Å². The molecule has 1 N–H and O–H groups in total. The molecule has 0 aromatic heterocycles. The van der Waals surface area contributed by atoms with Gasteiger partial charge in [0.15, 0.2) is 0 Å². The van der Waals surface area contributed by atoms with Gasteiger partial charge in [-0.15, -0.1) is 0 Å². The van der Waals surface area contributed by atoms with Gasteiger partial charge in [-0.2, -0.15) is 0 Å². The second kappa shape index (κ2) is 5.97. The molecule has 1 fully saturated rings. The Morgan fingerprint density at radius 3 is 2.60 bits per heavy atom. The molecule has 1 aromatic rings. The van der Waals surface area contributed by atoms with Gasteiger partial charge in [-0.3, -0.25) is 4.90 Å². The maximum absolute atomic E-state index is 11.9. The van der Waals surface area contributed by atoms with E-state index in [1.165, 1.54) is 0 Å². The maximum atomic E-state index is 11.9. The van der Waals surface area contributed by atoms with Crippen LogP contribution in [-0.4, -0.2) is 43.1 Å². The molecule has 1 heterocycles. The van der Waals surface area contributed by atoms with Gasteiger partial charge < -0.3 is 9.84 Å². The molecule has 0 aliphatic carbocycles. The Bertz CT molecular complexity index is 458. The van der Waals surface area contributed by atoms with Crippen LogP contribution in [0.1, 0.15) is 18.0 Å². The number of carbonyl (C=O) groups excluding carboxylic acids is 1. The van der Waals surface area contributed by atoms with Crippen molar-refractivity contribution in [1.82, 2.24) is 4.90 Å². The molecular weight excluding hydrogens is 270 g/mol. The predicted octanol–water partition coefficient (Wildman–Crippen LogP) is 2.81. The highest BCUT2D eigenvalue weighted by atomic mass is 28.3. The standard InChI is InChI=1S/C15H23NO3Si/c1-20(2,3)14(17)9-10-16-13(11-19-15(16)18)12-7-5-4-6-8-12/h4-8,13-14,17H,9-11H2,1-3H3/t13-,14?/m1/s1. The van der Waals surface area contributed by atoms with Crippen LogP contribution >= 0.6 is 0 Å². The molecule has 0 spiro atoms. The molecule has 2 rings (SSSR count). The summed E-state index contributed by atoms with van der Waals surface area (Å²) in [6.07, 6.45) is 0.343. The molecule has 110 valence electrons. The number of benzene rings is 1. The fourth-order valence-corrected chi connectivity index (χ4v) is 3.34. The van der Waals surface area contributed by atoms with Crippen LogP contribution in [0.2, 0.25) is 19.6 Å². The summed E-state index contributed by atoms with van der Waals surface area (Å²) < 4.78 is 5.17. The lowest BCUT2D eigenvalue weighted by atomic mass is 10.1. The van der Waals surface area contributed by atoms with Crippen LogP contribution in [-0.2, 0) is 4.74 Å². The van der Waals surface area contributed by atoms with Crippen molar-refractivity contribution < 1.29 is 14.6 Å². The van der Waals surface area contributed by atoms with Gasteiger partial charge in [-0.05, 0) is 12.0 Å². The number of hydrogen-bond donors (Lipinski definition) is 1. The number of carbonyl (C=O) groups is 1. The van der Waals surface area contributed by atoms with Gasteiger partial charge in [-0.1, -0.05) is 50.0 Å². The van der Waals surface area contributed by atoms with E-state index in [0.717, 1.165) is 5.56 Å². The third-order valence-electron chi connectivity index (χ3n) is 3.80. The molecule has 0 bridgehead atoms. The second-order valence-electron chi connectivity index (χ2n) is 6.37. The van der Waals surface area contributed by atoms with Crippen LogP contribution in [0.5, 0.6) is 0 Å². The Balaban J connectivity index is 2.03. The molecule has 4 nitrogen and oxygen atoms in total. The first-order chi connectivity index (χ1) is 9.39. The molecule has 1 aromatic carbocycles. The van der Waals surface area contributed by atoms with E-state index in [2.05, 4.69) is 19.6 Å². The van der Waals surface area contributed by atoms with Crippen molar-refractivity contribution in [2.75, 3.05) is 13.2 Å². The number of amides is 1. The van der Waals surface area contributed by atoms with E-state index in [1.54, 1.807) is 4.90 Å². The summed E-state index contributed by atoms with van der Waals surface area (Å²) in [7, 11) is -1.58.